The third-order valence-corrected chi connectivity index (χ3v) is 2.81. The molecule has 2 rings (SSSR count). The Morgan fingerprint density at radius 1 is 1.16 bits per heavy atom. The van der Waals surface area contributed by atoms with Crippen LogP contribution in [0.15, 0.2) is 36.4 Å². The van der Waals surface area contributed by atoms with Crippen LogP contribution in [0.4, 0.5) is 10.1 Å². The Labute approximate surface area is 110 Å². The van der Waals surface area contributed by atoms with Crippen molar-refractivity contribution in [2.45, 2.75) is 13.8 Å². The van der Waals surface area contributed by atoms with Gasteiger partial charge in [-0.25, -0.2) is 4.39 Å². The molecule has 1 amide bonds. The van der Waals surface area contributed by atoms with Crippen molar-refractivity contribution in [1.82, 2.24) is 0 Å². The lowest BCUT2D eigenvalue weighted by Gasteiger charge is -2.08. The van der Waals surface area contributed by atoms with E-state index in [4.69, 9.17) is 0 Å². The van der Waals surface area contributed by atoms with Gasteiger partial charge in [-0.15, -0.1) is 0 Å². The van der Waals surface area contributed by atoms with E-state index in [0.717, 1.165) is 5.56 Å². The summed E-state index contributed by atoms with van der Waals surface area (Å²) in [6.07, 6.45) is 0. The lowest BCUT2D eigenvalue weighted by atomic mass is 10.1. The molecule has 2 aromatic carbocycles. The van der Waals surface area contributed by atoms with E-state index < -0.39 is 5.91 Å². The summed E-state index contributed by atoms with van der Waals surface area (Å²) in [5.41, 5.74) is 2.01. The maximum Gasteiger partial charge on any atom is 0.259 e. The molecule has 0 fully saturated rings. The second-order valence-electron chi connectivity index (χ2n) is 4.44. The number of nitrogens with one attached hydrogen (secondary N) is 1. The van der Waals surface area contributed by atoms with Gasteiger partial charge in [0.2, 0.25) is 0 Å². The molecular formula is C15H14FNO2. The summed E-state index contributed by atoms with van der Waals surface area (Å²) in [7, 11) is 0. The summed E-state index contributed by atoms with van der Waals surface area (Å²) in [5.74, 6) is -0.828. The minimum absolute atomic E-state index is 0.0815. The molecule has 2 N–H and O–H groups in total. The van der Waals surface area contributed by atoms with Gasteiger partial charge in [0.15, 0.2) is 0 Å². The Hall–Kier alpha value is -2.36. The van der Waals surface area contributed by atoms with Gasteiger partial charge in [-0.2, -0.15) is 0 Å². The fourth-order valence-electron chi connectivity index (χ4n) is 1.75. The minimum Gasteiger partial charge on any atom is -0.507 e. The first kappa shape index (κ1) is 13.1. The molecule has 2 aromatic rings. The Morgan fingerprint density at radius 3 is 2.58 bits per heavy atom. The molecule has 0 saturated heterocycles. The van der Waals surface area contributed by atoms with Crippen LogP contribution in [-0.4, -0.2) is 11.0 Å². The van der Waals surface area contributed by atoms with Gasteiger partial charge in [-0.3, -0.25) is 4.79 Å². The van der Waals surface area contributed by atoms with Crippen molar-refractivity contribution >= 4 is 11.6 Å². The standard InChI is InChI=1S/C15H14FNO2/c1-9-3-6-14(18)12(7-9)15(19)17-11-4-5-13(16)10(2)8-11/h3-8,18H,1-2H3,(H,17,19). The molecule has 0 spiro atoms. The van der Waals surface area contributed by atoms with Crippen LogP contribution in [-0.2, 0) is 0 Å². The van der Waals surface area contributed by atoms with Crippen molar-refractivity contribution in [3.05, 3.63) is 58.9 Å². The molecule has 0 aliphatic rings. The molecule has 0 saturated carbocycles. The third kappa shape index (κ3) is 2.91. The molecule has 0 aliphatic heterocycles. The molecular weight excluding hydrogens is 245 g/mol. The van der Waals surface area contributed by atoms with Crippen LogP contribution >= 0.6 is 0 Å². The van der Waals surface area contributed by atoms with E-state index in [0.29, 0.717) is 11.3 Å². The van der Waals surface area contributed by atoms with Gasteiger partial charge in [0.25, 0.3) is 5.91 Å². The number of aryl methyl sites for hydroxylation is 2. The van der Waals surface area contributed by atoms with E-state index in [-0.39, 0.29) is 17.1 Å². The van der Waals surface area contributed by atoms with Crippen LogP contribution in [0.2, 0.25) is 0 Å². The normalized spacial score (nSPS) is 10.3. The Balaban J connectivity index is 2.25. The minimum atomic E-state index is -0.424. The van der Waals surface area contributed by atoms with E-state index in [1.165, 1.54) is 18.2 Å². The SMILES string of the molecule is Cc1ccc(O)c(C(=O)Nc2ccc(F)c(C)c2)c1. The van der Waals surface area contributed by atoms with Crippen molar-refractivity contribution in [3.63, 3.8) is 0 Å². The molecule has 19 heavy (non-hydrogen) atoms. The molecule has 0 unspecified atom stereocenters. The summed E-state index contributed by atoms with van der Waals surface area (Å²) in [5, 5.41) is 12.3. The van der Waals surface area contributed by atoms with Crippen molar-refractivity contribution in [3.8, 4) is 5.75 Å². The average Bonchev–Trinajstić information content (AvgIpc) is 2.36. The highest BCUT2D eigenvalue weighted by atomic mass is 19.1. The van der Waals surface area contributed by atoms with Gasteiger partial charge >= 0.3 is 0 Å². The first-order valence-electron chi connectivity index (χ1n) is 5.84. The number of rotatable bonds is 2. The van der Waals surface area contributed by atoms with Crippen LogP contribution in [0.25, 0.3) is 0 Å². The number of anilines is 1. The largest absolute Gasteiger partial charge is 0.507 e. The van der Waals surface area contributed by atoms with Gasteiger partial charge < -0.3 is 10.4 Å². The number of phenolic OH excluding ortho intramolecular Hbond substituents is 1. The number of aromatic hydroxyl groups is 1. The third-order valence-electron chi connectivity index (χ3n) is 2.81. The highest BCUT2D eigenvalue weighted by Gasteiger charge is 2.12. The number of phenols is 1. The molecule has 0 atom stereocenters. The van der Waals surface area contributed by atoms with Crippen molar-refractivity contribution in [2.75, 3.05) is 5.32 Å². The van der Waals surface area contributed by atoms with Gasteiger partial charge in [0, 0.05) is 5.69 Å². The molecule has 98 valence electrons. The molecule has 3 nitrogen and oxygen atoms in total. The van der Waals surface area contributed by atoms with Crippen LogP contribution in [0.1, 0.15) is 21.5 Å². The number of amides is 1. The number of carbonyl (C=O) groups is 1. The molecule has 4 heteroatoms. The zero-order chi connectivity index (χ0) is 14.0. The molecule has 0 aromatic heterocycles. The van der Waals surface area contributed by atoms with E-state index in [1.807, 2.05) is 6.92 Å². The number of halogens is 1. The van der Waals surface area contributed by atoms with E-state index in [2.05, 4.69) is 5.32 Å². The Morgan fingerprint density at radius 2 is 1.89 bits per heavy atom. The van der Waals surface area contributed by atoms with E-state index in [1.54, 1.807) is 25.1 Å². The predicted octanol–water partition coefficient (Wildman–Crippen LogP) is 3.40. The Bertz CT molecular complexity index is 638. The topological polar surface area (TPSA) is 49.3 Å². The first-order valence-corrected chi connectivity index (χ1v) is 5.84. The average molecular weight is 259 g/mol. The van der Waals surface area contributed by atoms with Gasteiger partial charge in [0.05, 0.1) is 5.56 Å². The smallest absolute Gasteiger partial charge is 0.259 e. The second kappa shape index (κ2) is 5.10. The lowest BCUT2D eigenvalue weighted by Crippen LogP contribution is -2.12. The van der Waals surface area contributed by atoms with Crippen molar-refractivity contribution < 1.29 is 14.3 Å². The zero-order valence-corrected chi connectivity index (χ0v) is 10.7. The molecule has 0 aliphatic carbocycles. The first-order chi connectivity index (χ1) is 8.97. The number of carbonyl (C=O) groups excluding carboxylic acids is 1. The van der Waals surface area contributed by atoms with Crippen LogP contribution in [0.5, 0.6) is 5.75 Å². The number of hydrogen-bond donors (Lipinski definition) is 2. The number of benzene rings is 2. The van der Waals surface area contributed by atoms with Gasteiger partial charge in [-0.1, -0.05) is 11.6 Å². The van der Waals surface area contributed by atoms with Crippen LogP contribution < -0.4 is 5.32 Å². The fourth-order valence-corrected chi connectivity index (χ4v) is 1.75. The Kier molecular flexibility index (Phi) is 3.51. The predicted molar refractivity (Wildman–Crippen MR) is 71.9 cm³/mol. The van der Waals surface area contributed by atoms with Gasteiger partial charge in [0.1, 0.15) is 11.6 Å². The summed E-state index contributed by atoms with van der Waals surface area (Å²) in [4.78, 5) is 12.0. The maximum atomic E-state index is 13.1. The van der Waals surface area contributed by atoms with E-state index in [9.17, 15) is 14.3 Å². The summed E-state index contributed by atoms with van der Waals surface area (Å²) < 4.78 is 13.1. The lowest BCUT2D eigenvalue weighted by molar-refractivity contribution is 0.102. The molecule has 0 bridgehead atoms. The monoisotopic (exact) mass is 259 g/mol. The molecule has 0 radical (unpaired) electrons. The zero-order valence-electron chi connectivity index (χ0n) is 10.7. The summed E-state index contributed by atoms with van der Waals surface area (Å²) >= 11 is 0. The number of hydrogen-bond acceptors (Lipinski definition) is 2. The van der Waals surface area contributed by atoms with Crippen molar-refractivity contribution in [1.29, 1.82) is 0 Å². The highest BCUT2D eigenvalue weighted by molar-refractivity contribution is 6.06. The van der Waals surface area contributed by atoms with Crippen molar-refractivity contribution in [2.24, 2.45) is 0 Å². The quantitative estimate of drug-likeness (QED) is 0.868. The van der Waals surface area contributed by atoms with E-state index >= 15 is 0 Å². The van der Waals surface area contributed by atoms with Crippen LogP contribution in [0.3, 0.4) is 0 Å². The summed E-state index contributed by atoms with van der Waals surface area (Å²) in [6.45, 7) is 3.45. The van der Waals surface area contributed by atoms with Crippen LogP contribution in [0, 0.1) is 19.7 Å². The van der Waals surface area contributed by atoms with Gasteiger partial charge in [-0.05, 0) is 49.7 Å². The summed E-state index contributed by atoms with van der Waals surface area (Å²) in [6, 6.07) is 9.10. The second-order valence-corrected chi connectivity index (χ2v) is 4.44. The highest BCUT2D eigenvalue weighted by Crippen LogP contribution is 2.20. The fraction of sp³-hybridized carbons (Fsp3) is 0.133. The maximum absolute atomic E-state index is 13.1. The molecule has 0 heterocycles.